The molecular weight excluding hydrogens is 305 g/mol. The van der Waals surface area contributed by atoms with Crippen LogP contribution in [0.4, 0.5) is 13.2 Å². The van der Waals surface area contributed by atoms with Crippen molar-refractivity contribution in [2.24, 2.45) is 0 Å². The quantitative estimate of drug-likeness (QED) is 0.548. The molecule has 0 fully saturated rings. The molecule has 0 amide bonds. The Balaban J connectivity index is 3.00. The van der Waals surface area contributed by atoms with E-state index in [2.05, 4.69) is 41.5 Å². The van der Waals surface area contributed by atoms with Gasteiger partial charge in [-0.25, -0.2) is 0 Å². The van der Waals surface area contributed by atoms with Crippen molar-refractivity contribution in [2.45, 2.75) is 70.9 Å². The van der Waals surface area contributed by atoms with Crippen LogP contribution >= 0.6 is 0 Å². The summed E-state index contributed by atoms with van der Waals surface area (Å²) in [6.45, 7) is 13.2. The van der Waals surface area contributed by atoms with Crippen molar-refractivity contribution in [3.05, 3.63) is 35.4 Å². The Kier molecular flexibility index (Phi) is 6.27. The Morgan fingerprint density at radius 3 is 1.86 bits per heavy atom. The maximum absolute atomic E-state index is 12.8. The Bertz CT molecular complexity index is 459. The Morgan fingerprint density at radius 1 is 0.955 bits per heavy atom. The lowest BCUT2D eigenvalue weighted by Crippen LogP contribution is -2.47. The number of halogens is 3. The molecule has 22 heavy (non-hydrogen) atoms. The molecular formula is C17H27F3OSi. The summed E-state index contributed by atoms with van der Waals surface area (Å²) in [6, 6.07) is 5.45. The van der Waals surface area contributed by atoms with Crippen LogP contribution in [0.3, 0.4) is 0 Å². The minimum Gasteiger partial charge on any atom is -0.412 e. The molecule has 0 heterocycles. The number of hydrogen-bond donors (Lipinski definition) is 0. The highest BCUT2D eigenvalue weighted by Crippen LogP contribution is 2.42. The van der Waals surface area contributed by atoms with Crippen LogP contribution in [-0.4, -0.2) is 8.32 Å². The summed E-state index contributed by atoms with van der Waals surface area (Å²) in [5, 5.41) is 0. The zero-order chi connectivity index (χ0) is 17.1. The zero-order valence-electron chi connectivity index (χ0n) is 14.3. The molecule has 0 saturated carbocycles. The molecule has 0 spiro atoms. The summed E-state index contributed by atoms with van der Waals surface area (Å²) in [6.07, 6.45) is -4.31. The second-order valence-electron chi connectivity index (χ2n) is 6.80. The van der Waals surface area contributed by atoms with Gasteiger partial charge in [-0.05, 0) is 34.3 Å². The van der Waals surface area contributed by atoms with E-state index in [-0.39, 0.29) is 6.61 Å². The third-order valence-corrected chi connectivity index (χ3v) is 10.5. The fourth-order valence-electron chi connectivity index (χ4n) is 3.55. The largest absolute Gasteiger partial charge is 0.416 e. The molecule has 0 N–H and O–H groups in total. The fourth-order valence-corrected chi connectivity index (χ4v) is 8.96. The van der Waals surface area contributed by atoms with Crippen molar-refractivity contribution in [3.8, 4) is 0 Å². The lowest BCUT2D eigenvalue weighted by molar-refractivity contribution is -0.137. The Morgan fingerprint density at radius 2 is 1.45 bits per heavy atom. The van der Waals surface area contributed by atoms with Gasteiger partial charge in [-0.3, -0.25) is 0 Å². The van der Waals surface area contributed by atoms with Crippen molar-refractivity contribution in [1.82, 2.24) is 0 Å². The van der Waals surface area contributed by atoms with Gasteiger partial charge < -0.3 is 4.43 Å². The molecule has 1 aromatic rings. The van der Waals surface area contributed by atoms with Gasteiger partial charge in [0.1, 0.15) is 0 Å². The molecule has 0 aliphatic rings. The van der Waals surface area contributed by atoms with Gasteiger partial charge in [0.2, 0.25) is 8.32 Å². The second kappa shape index (κ2) is 7.17. The molecule has 0 radical (unpaired) electrons. The first-order chi connectivity index (χ1) is 10.0. The predicted octanol–water partition coefficient (Wildman–Crippen LogP) is 6.40. The van der Waals surface area contributed by atoms with Crippen LogP contribution < -0.4 is 0 Å². The van der Waals surface area contributed by atoms with Crippen LogP contribution in [0.25, 0.3) is 0 Å². The summed E-state index contributed by atoms with van der Waals surface area (Å²) in [7, 11) is -2.05. The van der Waals surface area contributed by atoms with E-state index in [9.17, 15) is 13.2 Å². The normalized spacial score (nSPS) is 13.5. The van der Waals surface area contributed by atoms with Gasteiger partial charge in [0.25, 0.3) is 0 Å². The van der Waals surface area contributed by atoms with Crippen LogP contribution in [0.2, 0.25) is 16.6 Å². The summed E-state index contributed by atoms with van der Waals surface area (Å²) in [4.78, 5) is 0. The Hall–Kier alpha value is -0.813. The maximum atomic E-state index is 12.8. The van der Waals surface area contributed by atoms with Gasteiger partial charge >= 0.3 is 6.18 Å². The molecule has 0 saturated heterocycles. The first-order valence-corrected chi connectivity index (χ1v) is 9.96. The van der Waals surface area contributed by atoms with Crippen molar-refractivity contribution in [1.29, 1.82) is 0 Å². The highest BCUT2D eigenvalue weighted by atomic mass is 28.4. The number of alkyl halides is 3. The van der Waals surface area contributed by atoms with Crippen LogP contribution in [-0.2, 0) is 17.2 Å². The summed E-state index contributed by atoms with van der Waals surface area (Å²) >= 11 is 0. The summed E-state index contributed by atoms with van der Waals surface area (Å²) < 4.78 is 44.7. The number of benzene rings is 1. The highest BCUT2D eigenvalue weighted by Gasteiger charge is 2.45. The second-order valence-corrected chi connectivity index (χ2v) is 12.3. The predicted molar refractivity (Wildman–Crippen MR) is 87.3 cm³/mol. The van der Waals surface area contributed by atoms with Crippen molar-refractivity contribution in [2.75, 3.05) is 0 Å². The van der Waals surface area contributed by atoms with Crippen molar-refractivity contribution >= 4 is 8.32 Å². The smallest absolute Gasteiger partial charge is 0.412 e. The molecule has 1 rings (SSSR count). The third kappa shape index (κ3) is 4.13. The molecule has 0 aliphatic carbocycles. The van der Waals surface area contributed by atoms with Crippen molar-refractivity contribution in [3.63, 3.8) is 0 Å². The topological polar surface area (TPSA) is 9.23 Å². The first-order valence-electron chi connectivity index (χ1n) is 7.81. The third-order valence-electron chi connectivity index (χ3n) is 4.45. The lowest BCUT2D eigenvalue weighted by atomic mass is 10.1. The van der Waals surface area contributed by atoms with E-state index in [0.29, 0.717) is 22.2 Å². The first kappa shape index (κ1) is 19.2. The zero-order valence-corrected chi connectivity index (χ0v) is 15.3. The molecule has 0 aliphatic heterocycles. The lowest BCUT2D eigenvalue weighted by Gasteiger charge is -2.42. The minimum atomic E-state index is -4.31. The average Bonchev–Trinajstić information content (AvgIpc) is 2.37. The number of rotatable bonds is 6. The summed E-state index contributed by atoms with van der Waals surface area (Å²) in [5.41, 5.74) is 1.23. The fraction of sp³-hybridized carbons (Fsp3) is 0.647. The molecule has 0 atom stereocenters. The van der Waals surface area contributed by atoms with Crippen molar-refractivity contribution < 1.29 is 17.6 Å². The molecule has 0 bridgehead atoms. The molecule has 1 aromatic carbocycles. The van der Waals surface area contributed by atoms with Gasteiger partial charge in [0.15, 0.2) is 0 Å². The van der Waals surface area contributed by atoms with Gasteiger partial charge in [0, 0.05) is 0 Å². The standard InChI is InChI=1S/C17H27F3OSi/c1-12(2)22(13(3)4,14(5)6)21-11-15-8-7-9-16(10-15)17(18,19)20/h7-10,12-14H,11H2,1-6H3. The average molecular weight is 332 g/mol. The molecule has 1 nitrogen and oxygen atoms in total. The number of hydrogen-bond acceptors (Lipinski definition) is 1. The van der Waals surface area contributed by atoms with Crippen LogP contribution in [0.5, 0.6) is 0 Å². The van der Waals surface area contributed by atoms with E-state index >= 15 is 0 Å². The van der Waals surface area contributed by atoms with E-state index in [0.717, 1.165) is 6.07 Å². The van der Waals surface area contributed by atoms with E-state index in [1.807, 2.05) is 0 Å². The van der Waals surface area contributed by atoms with Crippen LogP contribution in [0, 0.1) is 0 Å². The monoisotopic (exact) mass is 332 g/mol. The maximum Gasteiger partial charge on any atom is 0.416 e. The molecule has 126 valence electrons. The van der Waals surface area contributed by atoms with Crippen LogP contribution in [0.15, 0.2) is 24.3 Å². The van der Waals surface area contributed by atoms with Crippen LogP contribution in [0.1, 0.15) is 52.7 Å². The highest BCUT2D eigenvalue weighted by molar-refractivity contribution is 6.77. The van der Waals surface area contributed by atoms with Gasteiger partial charge in [0.05, 0.1) is 12.2 Å². The van der Waals surface area contributed by atoms with E-state index in [4.69, 9.17) is 4.43 Å². The van der Waals surface area contributed by atoms with Gasteiger partial charge in [-0.1, -0.05) is 53.7 Å². The van der Waals surface area contributed by atoms with E-state index < -0.39 is 20.1 Å². The SMILES string of the molecule is CC(C)[Si](OCc1cccc(C(F)(F)F)c1)(C(C)C)C(C)C. The molecule has 5 heteroatoms. The Labute approximate surface area is 133 Å². The van der Waals surface area contributed by atoms with E-state index in [1.165, 1.54) is 12.1 Å². The van der Waals surface area contributed by atoms with Gasteiger partial charge in [-0.2, -0.15) is 13.2 Å². The molecule has 0 aromatic heterocycles. The summed E-state index contributed by atoms with van der Waals surface area (Å²) in [5.74, 6) is 0. The van der Waals surface area contributed by atoms with E-state index in [1.54, 1.807) is 6.07 Å². The molecule has 0 unspecified atom stereocenters. The van der Waals surface area contributed by atoms with Gasteiger partial charge in [-0.15, -0.1) is 0 Å². The minimum absolute atomic E-state index is 0.255.